The van der Waals surface area contributed by atoms with Crippen molar-refractivity contribution in [2.75, 3.05) is 6.54 Å². The number of carbonyl (C=O) groups excluding carboxylic acids is 1. The fraction of sp³-hybridized carbons (Fsp3) is 0.588. The number of nitrogens with one attached hydrogen (secondary N) is 1. The molecule has 8 heteroatoms. The van der Waals surface area contributed by atoms with Crippen LogP contribution < -0.4 is 5.32 Å². The monoisotopic (exact) mass is 375 g/mol. The zero-order valence-corrected chi connectivity index (χ0v) is 14.9. The van der Waals surface area contributed by atoms with Gasteiger partial charge in [-0.15, -0.1) is 0 Å². The van der Waals surface area contributed by atoms with Gasteiger partial charge in [0.15, 0.2) is 15.7 Å². The summed E-state index contributed by atoms with van der Waals surface area (Å²) in [4.78, 5) is 11.5. The fourth-order valence-corrected chi connectivity index (χ4v) is 4.91. The normalized spacial score (nSPS) is 16.8. The van der Waals surface area contributed by atoms with E-state index in [4.69, 9.17) is 0 Å². The number of aliphatic hydroxyl groups excluding tert-OH is 1. The van der Waals surface area contributed by atoms with E-state index >= 15 is 0 Å². The highest BCUT2D eigenvalue weighted by atomic mass is 32.2. The molecule has 1 amide bonds. The predicted octanol–water partition coefficient (Wildman–Crippen LogP) is 2.57. The molecule has 140 valence electrons. The topological polar surface area (TPSA) is 83.5 Å². The molecule has 0 radical (unpaired) electrons. The molecule has 1 fully saturated rings. The van der Waals surface area contributed by atoms with Crippen LogP contribution >= 0.6 is 0 Å². The van der Waals surface area contributed by atoms with Gasteiger partial charge in [-0.1, -0.05) is 19.8 Å². The maximum atomic E-state index is 14.7. The first-order valence-electron chi connectivity index (χ1n) is 8.47. The minimum Gasteiger partial charge on any atom is -0.393 e. The average Bonchev–Trinajstić information content (AvgIpc) is 3.09. The lowest BCUT2D eigenvalue weighted by atomic mass is 10.1. The first-order valence-corrected chi connectivity index (χ1v) is 10.0. The molecule has 0 saturated heterocycles. The highest BCUT2D eigenvalue weighted by Gasteiger charge is 2.34. The molecule has 0 aliphatic heterocycles. The lowest BCUT2D eigenvalue weighted by Crippen LogP contribution is -2.29. The predicted molar refractivity (Wildman–Crippen MR) is 89.0 cm³/mol. The summed E-state index contributed by atoms with van der Waals surface area (Å²) in [7, 11) is -3.94. The SMILES string of the molecule is CC[C@@H](O)CCNC(=O)c1c(F)ccc(S(=O)(=O)C2CCCC2)c1F. The van der Waals surface area contributed by atoms with E-state index in [2.05, 4.69) is 5.32 Å². The van der Waals surface area contributed by atoms with Gasteiger partial charge in [0.25, 0.3) is 5.91 Å². The lowest BCUT2D eigenvalue weighted by Gasteiger charge is -2.15. The molecule has 0 aromatic heterocycles. The van der Waals surface area contributed by atoms with Gasteiger partial charge in [0.05, 0.1) is 11.4 Å². The molecule has 1 aliphatic carbocycles. The quantitative estimate of drug-likeness (QED) is 0.718. The van der Waals surface area contributed by atoms with Crippen LogP contribution in [0.2, 0.25) is 0 Å². The molecule has 2 rings (SSSR count). The third-order valence-electron chi connectivity index (χ3n) is 4.56. The van der Waals surface area contributed by atoms with Crippen LogP contribution in [0.3, 0.4) is 0 Å². The molecule has 1 atom stereocenters. The zero-order valence-electron chi connectivity index (χ0n) is 14.1. The maximum absolute atomic E-state index is 14.7. The number of aliphatic hydroxyl groups is 1. The summed E-state index contributed by atoms with van der Waals surface area (Å²) >= 11 is 0. The Labute approximate surface area is 146 Å². The lowest BCUT2D eigenvalue weighted by molar-refractivity contribution is 0.0933. The van der Waals surface area contributed by atoms with E-state index in [1.165, 1.54) is 0 Å². The largest absolute Gasteiger partial charge is 0.393 e. The summed E-state index contributed by atoms with van der Waals surface area (Å²) in [5.74, 6) is -3.49. The molecule has 0 heterocycles. The Hall–Kier alpha value is -1.54. The number of amides is 1. The fourth-order valence-electron chi connectivity index (χ4n) is 2.98. The van der Waals surface area contributed by atoms with E-state index in [9.17, 15) is 27.1 Å². The number of sulfone groups is 1. The van der Waals surface area contributed by atoms with E-state index in [1.54, 1.807) is 6.92 Å². The molecule has 1 aliphatic rings. The Bertz CT molecular complexity index is 730. The van der Waals surface area contributed by atoms with Crippen molar-refractivity contribution >= 4 is 15.7 Å². The molecule has 0 spiro atoms. The summed E-state index contributed by atoms with van der Waals surface area (Å²) < 4.78 is 53.7. The maximum Gasteiger partial charge on any atom is 0.257 e. The van der Waals surface area contributed by atoms with Gasteiger partial charge in [-0.3, -0.25) is 4.79 Å². The second kappa shape index (κ2) is 8.23. The summed E-state index contributed by atoms with van der Waals surface area (Å²) in [5, 5.41) is 11.1. The van der Waals surface area contributed by atoms with Crippen LogP contribution in [0.15, 0.2) is 17.0 Å². The molecule has 5 nitrogen and oxygen atoms in total. The van der Waals surface area contributed by atoms with Crippen LogP contribution in [0.5, 0.6) is 0 Å². The number of benzene rings is 1. The first kappa shape index (κ1) is 19.8. The molecular weight excluding hydrogens is 352 g/mol. The molecule has 0 bridgehead atoms. The van der Waals surface area contributed by atoms with Crippen LogP contribution in [-0.4, -0.2) is 37.3 Å². The van der Waals surface area contributed by atoms with E-state index in [-0.39, 0.29) is 13.0 Å². The van der Waals surface area contributed by atoms with Gasteiger partial charge in [-0.2, -0.15) is 0 Å². The van der Waals surface area contributed by atoms with Crippen LogP contribution in [0.4, 0.5) is 8.78 Å². The molecule has 25 heavy (non-hydrogen) atoms. The van der Waals surface area contributed by atoms with Crippen molar-refractivity contribution in [1.29, 1.82) is 0 Å². The number of halogens is 2. The van der Waals surface area contributed by atoms with Crippen LogP contribution in [0, 0.1) is 11.6 Å². The van der Waals surface area contributed by atoms with Crippen molar-refractivity contribution in [3.8, 4) is 0 Å². The van der Waals surface area contributed by atoms with E-state index in [0.29, 0.717) is 19.3 Å². The second-order valence-electron chi connectivity index (χ2n) is 6.29. The molecule has 1 saturated carbocycles. The van der Waals surface area contributed by atoms with Gasteiger partial charge < -0.3 is 10.4 Å². The van der Waals surface area contributed by atoms with Gasteiger partial charge in [-0.05, 0) is 37.8 Å². The minimum absolute atomic E-state index is 0.0341. The minimum atomic E-state index is -3.94. The third kappa shape index (κ3) is 4.36. The van der Waals surface area contributed by atoms with Crippen molar-refractivity contribution in [2.24, 2.45) is 0 Å². The van der Waals surface area contributed by atoms with Gasteiger partial charge in [0.1, 0.15) is 16.3 Å². The molecular formula is C17H23F2NO4S. The van der Waals surface area contributed by atoms with Gasteiger partial charge >= 0.3 is 0 Å². The molecule has 2 N–H and O–H groups in total. The third-order valence-corrected chi connectivity index (χ3v) is 6.84. The van der Waals surface area contributed by atoms with E-state index in [1.807, 2.05) is 0 Å². The molecule has 1 aromatic carbocycles. The van der Waals surface area contributed by atoms with Crippen molar-refractivity contribution in [1.82, 2.24) is 5.32 Å². The van der Waals surface area contributed by atoms with Crippen LogP contribution in [0.25, 0.3) is 0 Å². The number of rotatable bonds is 7. The van der Waals surface area contributed by atoms with Gasteiger partial charge in [0.2, 0.25) is 0 Å². The Morgan fingerprint density at radius 1 is 1.32 bits per heavy atom. The van der Waals surface area contributed by atoms with Gasteiger partial charge in [0, 0.05) is 6.54 Å². The first-order chi connectivity index (χ1) is 11.8. The van der Waals surface area contributed by atoms with Gasteiger partial charge in [-0.25, -0.2) is 17.2 Å². The van der Waals surface area contributed by atoms with Crippen LogP contribution in [-0.2, 0) is 9.84 Å². The Balaban J connectivity index is 2.26. The smallest absolute Gasteiger partial charge is 0.257 e. The number of hydrogen-bond donors (Lipinski definition) is 2. The Kier molecular flexibility index (Phi) is 6.51. The molecule has 1 aromatic rings. The number of carbonyl (C=O) groups is 1. The highest BCUT2D eigenvalue weighted by molar-refractivity contribution is 7.92. The van der Waals surface area contributed by atoms with E-state index in [0.717, 1.165) is 25.0 Å². The highest BCUT2D eigenvalue weighted by Crippen LogP contribution is 2.32. The zero-order chi connectivity index (χ0) is 18.6. The van der Waals surface area contributed by atoms with Crippen molar-refractivity contribution in [2.45, 2.75) is 61.7 Å². The summed E-state index contributed by atoms with van der Waals surface area (Å²) in [6.45, 7) is 1.80. The van der Waals surface area contributed by atoms with Crippen molar-refractivity contribution in [3.05, 3.63) is 29.3 Å². The van der Waals surface area contributed by atoms with Crippen molar-refractivity contribution < 1.29 is 27.1 Å². The Morgan fingerprint density at radius 3 is 2.56 bits per heavy atom. The van der Waals surface area contributed by atoms with Crippen LogP contribution in [0.1, 0.15) is 55.8 Å². The number of hydrogen-bond acceptors (Lipinski definition) is 4. The van der Waals surface area contributed by atoms with E-state index < -0.39 is 49.2 Å². The molecule has 0 unspecified atom stereocenters. The average molecular weight is 375 g/mol. The second-order valence-corrected chi connectivity index (χ2v) is 8.49. The standard InChI is InChI=1S/C17H23F2NO4S/c1-2-11(21)9-10-20-17(22)15-13(18)7-8-14(16(15)19)25(23,24)12-5-3-4-6-12/h7-8,11-12,21H,2-6,9-10H2,1H3,(H,20,22)/t11-/m1/s1. The summed E-state index contributed by atoms with van der Waals surface area (Å²) in [5.41, 5.74) is -0.898. The summed E-state index contributed by atoms with van der Waals surface area (Å²) in [6.07, 6.45) is 2.49. The Morgan fingerprint density at radius 2 is 1.96 bits per heavy atom. The van der Waals surface area contributed by atoms with Crippen molar-refractivity contribution in [3.63, 3.8) is 0 Å². The summed E-state index contributed by atoms with van der Waals surface area (Å²) in [6, 6.07) is 1.69.